The summed E-state index contributed by atoms with van der Waals surface area (Å²) in [4.78, 5) is 12.4. The summed E-state index contributed by atoms with van der Waals surface area (Å²) in [5.41, 5.74) is 4.84. The lowest BCUT2D eigenvalue weighted by molar-refractivity contribution is -0.118. The van der Waals surface area contributed by atoms with E-state index in [4.69, 9.17) is 23.2 Å². The Morgan fingerprint density at radius 1 is 1.00 bits per heavy atom. The van der Waals surface area contributed by atoms with Gasteiger partial charge in [-0.05, 0) is 36.4 Å². The van der Waals surface area contributed by atoms with Crippen LogP contribution in [0.3, 0.4) is 0 Å². The predicted octanol–water partition coefficient (Wildman–Crippen LogP) is 6.25. The monoisotopic (exact) mass is 559 g/mol. The molecule has 1 N–H and O–H groups in total. The first-order chi connectivity index (χ1) is 16.0. The fraction of sp³-hybridized carbons (Fsp3) is 0.0435. The molecule has 1 heterocycles. The van der Waals surface area contributed by atoms with Gasteiger partial charge in [-0.3, -0.25) is 9.36 Å². The normalized spacial score (nSPS) is 11.1. The maximum atomic E-state index is 12.4. The van der Waals surface area contributed by atoms with Gasteiger partial charge < -0.3 is 0 Å². The number of hydrogen-bond donors (Lipinski definition) is 1. The second kappa shape index (κ2) is 11.0. The van der Waals surface area contributed by atoms with Crippen LogP contribution in [-0.2, 0) is 4.79 Å². The number of rotatable bonds is 7. The van der Waals surface area contributed by atoms with Crippen LogP contribution in [0.15, 0.2) is 87.5 Å². The van der Waals surface area contributed by atoms with E-state index >= 15 is 0 Å². The first kappa shape index (κ1) is 23.5. The van der Waals surface area contributed by atoms with Crippen LogP contribution in [0.4, 0.5) is 0 Å². The average Bonchev–Trinajstić information content (AvgIpc) is 3.25. The third-order valence-corrected chi connectivity index (χ3v) is 6.58. The van der Waals surface area contributed by atoms with Crippen molar-refractivity contribution in [3.8, 4) is 17.1 Å². The van der Waals surface area contributed by atoms with E-state index in [2.05, 4.69) is 36.7 Å². The number of nitrogens with zero attached hydrogens (tertiary/aromatic N) is 4. The zero-order valence-corrected chi connectivity index (χ0v) is 20.9. The molecule has 4 aromatic rings. The molecule has 4 rings (SSSR count). The van der Waals surface area contributed by atoms with E-state index in [1.807, 2.05) is 59.2 Å². The summed E-state index contributed by atoms with van der Waals surface area (Å²) in [7, 11) is 0. The standard InChI is InChI=1S/C23H16BrCl2N5OS/c24-16-9-11-17(12-10-16)31-22(15-5-2-1-3-6-15)29-30-23(31)33-14-21(32)28-27-13-18-19(25)7-4-8-20(18)26/h1-13H,14H2,(H,28,32)/b27-13+. The van der Waals surface area contributed by atoms with E-state index in [1.165, 1.54) is 18.0 Å². The number of nitrogens with one attached hydrogen (secondary N) is 1. The number of aromatic nitrogens is 3. The van der Waals surface area contributed by atoms with Crippen molar-refractivity contribution < 1.29 is 4.79 Å². The maximum absolute atomic E-state index is 12.4. The summed E-state index contributed by atoms with van der Waals surface area (Å²) in [6.07, 6.45) is 1.42. The molecule has 1 amide bonds. The highest BCUT2D eigenvalue weighted by Gasteiger charge is 2.17. The number of thioether (sulfide) groups is 1. The molecule has 0 atom stereocenters. The molecule has 1 aromatic heterocycles. The molecule has 0 radical (unpaired) electrons. The number of benzene rings is 3. The largest absolute Gasteiger partial charge is 0.272 e. The second-order valence-electron chi connectivity index (χ2n) is 6.70. The van der Waals surface area contributed by atoms with E-state index in [0.29, 0.717) is 26.6 Å². The highest BCUT2D eigenvalue weighted by molar-refractivity contribution is 9.10. The van der Waals surface area contributed by atoms with Crippen molar-refractivity contribution in [1.82, 2.24) is 20.2 Å². The summed E-state index contributed by atoms with van der Waals surface area (Å²) >= 11 is 16.9. The maximum Gasteiger partial charge on any atom is 0.250 e. The smallest absolute Gasteiger partial charge is 0.250 e. The van der Waals surface area contributed by atoms with Gasteiger partial charge in [0.05, 0.1) is 22.0 Å². The van der Waals surface area contributed by atoms with Crippen LogP contribution in [-0.4, -0.2) is 32.6 Å². The third kappa shape index (κ3) is 5.83. The van der Waals surface area contributed by atoms with Crippen LogP contribution in [0.1, 0.15) is 5.56 Å². The molecule has 0 fully saturated rings. The fourth-order valence-electron chi connectivity index (χ4n) is 2.93. The number of hydrogen-bond acceptors (Lipinski definition) is 5. The van der Waals surface area contributed by atoms with Crippen LogP contribution in [0.25, 0.3) is 17.1 Å². The number of carbonyl (C=O) groups excluding carboxylic acids is 1. The van der Waals surface area contributed by atoms with Crippen molar-refractivity contribution in [2.45, 2.75) is 5.16 Å². The molecule has 0 spiro atoms. The molecule has 6 nitrogen and oxygen atoms in total. The highest BCUT2D eigenvalue weighted by Crippen LogP contribution is 2.28. The van der Waals surface area contributed by atoms with Crippen LogP contribution in [0, 0.1) is 0 Å². The van der Waals surface area contributed by atoms with Gasteiger partial charge in [0, 0.05) is 21.3 Å². The first-order valence-electron chi connectivity index (χ1n) is 9.68. The number of hydrazone groups is 1. The molecule has 33 heavy (non-hydrogen) atoms. The van der Waals surface area contributed by atoms with E-state index in [0.717, 1.165) is 15.7 Å². The molecular weight excluding hydrogens is 545 g/mol. The Morgan fingerprint density at radius 3 is 2.39 bits per heavy atom. The van der Waals surface area contributed by atoms with Crippen LogP contribution in [0.2, 0.25) is 10.0 Å². The Hall–Kier alpha value is -2.65. The quantitative estimate of drug-likeness (QED) is 0.165. The topological polar surface area (TPSA) is 72.2 Å². The Labute approximate surface area is 213 Å². The Kier molecular flexibility index (Phi) is 7.82. The van der Waals surface area contributed by atoms with E-state index in [9.17, 15) is 4.79 Å². The third-order valence-electron chi connectivity index (χ3n) is 4.47. The van der Waals surface area contributed by atoms with Gasteiger partial charge in [0.25, 0.3) is 5.91 Å². The molecule has 166 valence electrons. The minimum atomic E-state index is -0.300. The van der Waals surface area contributed by atoms with E-state index in [1.54, 1.807) is 18.2 Å². The van der Waals surface area contributed by atoms with Gasteiger partial charge in [-0.1, -0.05) is 87.3 Å². The summed E-state index contributed by atoms with van der Waals surface area (Å²) in [5.74, 6) is 0.482. The van der Waals surface area contributed by atoms with Gasteiger partial charge in [0.1, 0.15) is 0 Å². The Bertz CT molecular complexity index is 1280. The van der Waals surface area contributed by atoms with Crippen molar-refractivity contribution in [3.05, 3.63) is 92.9 Å². The van der Waals surface area contributed by atoms with E-state index in [-0.39, 0.29) is 11.7 Å². The van der Waals surface area contributed by atoms with Crippen LogP contribution in [0.5, 0.6) is 0 Å². The molecule has 3 aromatic carbocycles. The van der Waals surface area contributed by atoms with Crippen molar-refractivity contribution in [1.29, 1.82) is 0 Å². The lowest BCUT2D eigenvalue weighted by Gasteiger charge is -2.10. The average molecular weight is 561 g/mol. The van der Waals surface area contributed by atoms with Gasteiger partial charge >= 0.3 is 0 Å². The molecule has 0 aliphatic rings. The Balaban J connectivity index is 1.51. The van der Waals surface area contributed by atoms with E-state index < -0.39 is 0 Å². The highest BCUT2D eigenvalue weighted by atomic mass is 79.9. The second-order valence-corrected chi connectivity index (χ2v) is 9.37. The van der Waals surface area contributed by atoms with Gasteiger partial charge in [-0.2, -0.15) is 5.10 Å². The number of carbonyl (C=O) groups is 1. The minimum Gasteiger partial charge on any atom is -0.272 e. The summed E-state index contributed by atoms with van der Waals surface area (Å²) in [5, 5.41) is 14.2. The summed E-state index contributed by atoms with van der Waals surface area (Å²) < 4.78 is 2.89. The molecule has 0 aliphatic heterocycles. The molecule has 0 saturated carbocycles. The van der Waals surface area contributed by atoms with Gasteiger partial charge in [-0.25, -0.2) is 5.43 Å². The SMILES string of the molecule is O=C(CSc1nnc(-c2ccccc2)n1-c1ccc(Br)cc1)N/N=C/c1c(Cl)cccc1Cl. The van der Waals surface area contributed by atoms with Crippen molar-refractivity contribution >= 4 is 63.0 Å². The van der Waals surface area contributed by atoms with Crippen LogP contribution >= 0.6 is 50.9 Å². The predicted molar refractivity (Wildman–Crippen MR) is 137 cm³/mol. The first-order valence-corrected chi connectivity index (χ1v) is 12.2. The summed E-state index contributed by atoms with van der Waals surface area (Å²) in [6.45, 7) is 0. The zero-order chi connectivity index (χ0) is 23.2. The zero-order valence-electron chi connectivity index (χ0n) is 17.0. The molecule has 10 heteroatoms. The van der Waals surface area contributed by atoms with Crippen molar-refractivity contribution in [2.24, 2.45) is 5.10 Å². The number of amides is 1. The van der Waals surface area contributed by atoms with Gasteiger partial charge in [0.15, 0.2) is 11.0 Å². The molecular formula is C23H16BrCl2N5OS. The summed E-state index contributed by atoms with van der Waals surface area (Å²) in [6, 6.07) is 22.7. The van der Waals surface area contributed by atoms with Crippen molar-refractivity contribution in [2.75, 3.05) is 5.75 Å². The molecule has 0 bridgehead atoms. The number of halogens is 3. The fourth-order valence-corrected chi connectivity index (χ4v) is 4.43. The minimum absolute atomic E-state index is 0.0943. The molecule has 0 unspecified atom stereocenters. The lowest BCUT2D eigenvalue weighted by Crippen LogP contribution is -2.20. The Morgan fingerprint density at radius 2 is 1.70 bits per heavy atom. The van der Waals surface area contributed by atoms with Crippen LogP contribution < -0.4 is 5.43 Å². The van der Waals surface area contributed by atoms with Gasteiger partial charge in [0.2, 0.25) is 0 Å². The van der Waals surface area contributed by atoms with Gasteiger partial charge in [-0.15, -0.1) is 10.2 Å². The molecule has 0 aliphatic carbocycles. The molecule has 0 saturated heterocycles. The van der Waals surface area contributed by atoms with Crippen molar-refractivity contribution in [3.63, 3.8) is 0 Å². The lowest BCUT2D eigenvalue weighted by atomic mass is 10.2.